The zero-order valence-corrected chi connectivity index (χ0v) is 25.1. The summed E-state index contributed by atoms with van der Waals surface area (Å²) in [6, 6.07) is 6.72. The van der Waals surface area contributed by atoms with Crippen molar-refractivity contribution in [2.45, 2.75) is 87.7 Å². The number of hydrogen-bond donors (Lipinski definition) is 2. The van der Waals surface area contributed by atoms with Gasteiger partial charge in [0.05, 0.1) is 29.4 Å². The maximum atomic E-state index is 5.80. The summed E-state index contributed by atoms with van der Waals surface area (Å²) in [5, 5.41) is 0. The van der Waals surface area contributed by atoms with Crippen LogP contribution in [0.2, 0.25) is 0 Å². The number of rotatable bonds is 6. The summed E-state index contributed by atoms with van der Waals surface area (Å²) < 4.78 is 5.80. The number of H-pyrrole nitrogens is 2. The first-order valence-corrected chi connectivity index (χ1v) is 14.4. The van der Waals surface area contributed by atoms with E-state index in [1.165, 1.54) is 44.5 Å². The van der Waals surface area contributed by atoms with Crippen molar-refractivity contribution in [3.05, 3.63) is 68.8 Å². The zero-order chi connectivity index (χ0) is 28.0. The minimum Gasteiger partial charge on any atom is -0.380 e. The van der Waals surface area contributed by atoms with Gasteiger partial charge in [0, 0.05) is 34.7 Å². The predicted octanol–water partition coefficient (Wildman–Crippen LogP) is 8.88. The fourth-order valence-electron chi connectivity index (χ4n) is 6.51. The lowest BCUT2D eigenvalue weighted by molar-refractivity contribution is 0.185. The molecular weight excluding hydrogens is 480 g/mol. The molecule has 2 aliphatic rings. The van der Waals surface area contributed by atoms with E-state index in [0.29, 0.717) is 6.61 Å². The van der Waals surface area contributed by atoms with Crippen LogP contribution in [0.1, 0.15) is 105 Å². The van der Waals surface area contributed by atoms with Gasteiger partial charge in [-0.25, -0.2) is 9.97 Å². The van der Waals surface area contributed by atoms with Gasteiger partial charge in [0.15, 0.2) is 0 Å². The molecule has 3 aromatic rings. The van der Waals surface area contributed by atoms with Crippen molar-refractivity contribution >= 4 is 44.4 Å². The third-order valence-corrected chi connectivity index (χ3v) is 8.74. The lowest BCUT2D eigenvalue weighted by Gasteiger charge is -2.08. The van der Waals surface area contributed by atoms with E-state index in [-0.39, 0.29) is 0 Å². The maximum Gasteiger partial charge on any atom is 0.0754 e. The highest BCUT2D eigenvalue weighted by molar-refractivity contribution is 5.96. The van der Waals surface area contributed by atoms with Gasteiger partial charge in [-0.3, -0.25) is 0 Å². The Kier molecular flexibility index (Phi) is 7.39. The Morgan fingerprint density at radius 2 is 1.23 bits per heavy atom. The molecule has 2 N–H and O–H groups in total. The van der Waals surface area contributed by atoms with Crippen LogP contribution in [0.5, 0.6) is 0 Å². The van der Waals surface area contributed by atoms with Crippen LogP contribution >= 0.6 is 0 Å². The average Bonchev–Trinajstić information content (AvgIpc) is 3.59. The number of allylic oxidation sites excluding steroid dienone is 4. The topological polar surface area (TPSA) is 66.6 Å². The van der Waals surface area contributed by atoms with Crippen molar-refractivity contribution in [1.29, 1.82) is 0 Å². The van der Waals surface area contributed by atoms with Gasteiger partial charge in [0.1, 0.15) is 0 Å². The number of hydrogen-bond acceptors (Lipinski definition) is 3. The second kappa shape index (κ2) is 10.6. The molecule has 0 aliphatic carbocycles. The predicted molar refractivity (Wildman–Crippen MR) is 166 cm³/mol. The van der Waals surface area contributed by atoms with Gasteiger partial charge in [-0.1, -0.05) is 27.7 Å². The Morgan fingerprint density at radius 1 is 0.615 bits per heavy atom. The highest BCUT2D eigenvalue weighted by atomic mass is 16.5. The maximum absolute atomic E-state index is 5.80. The number of aromatic nitrogens is 4. The first kappa shape index (κ1) is 27.1. The largest absolute Gasteiger partial charge is 0.380 e. The van der Waals surface area contributed by atoms with Crippen molar-refractivity contribution in [3.8, 4) is 0 Å². The number of fused-ring (bicyclic) bond motifs is 8. The van der Waals surface area contributed by atoms with E-state index >= 15 is 0 Å². The van der Waals surface area contributed by atoms with Crippen LogP contribution in [0, 0.1) is 13.8 Å². The van der Waals surface area contributed by atoms with Crippen LogP contribution in [0.4, 0.5) is 0 Å². The number of methoxy groups -OCH3 is 1. The molecule has 8 bridgehead atoms. The monoisotopic (exact) mass is 522 g/mol. The summed E-state index contributed by atoms with van der Waals surface area (Å²) in [6.45, 7) is 18.2. The van der Waals surface area contributed by atoms with Crippen LogP contribution in [0.3, 0.4) is 0 Å². The molecule has 3 aromatic heterocycles. The molecule has 5 rings (SSSR count). The molecular formula is C34H42N4O. The molecule has 5 heterocycles. The second-order valence-corrected chi connectivity index (χ2v) is 10.8. The fourth-order valence-corrected chi connectivity index (χ4v) is 6.51. The van der Waals surface area contributed by atoms with E-state index in [2.05, 4.69) is 83.6 Å². The number of nitrogens with one attached hydrogen (secondary N) is 2. The molecule has 0 unspecified atom stereocenters. The van der Waals surface area contributed by atoms with Crippen LogP contribution in [-0.4, -0.2) is 27.0 Å². The van der Waals surface area contributed by atoms with Crippen molar-refractivity contribution in [1.82, 2.24) is 19.9 Å². The Labute approximate surface area is 232 Å². The molecule has 0 spiro atoms. The fraction of sp³-hybridized carbons (Fsp3) is 0.412. The zero-order valence-electron chi connectivity index (χ0n) is 25.1. The minimum atomic E-state index is 0.492. The summed E-state index contributed by atoms with van der Waals surface area (Å²) >= 11 is 0. The summed E-state index contributed by atoms with van der Waals surface area (Å²) in [7, 11) is 1.77. The summed E-state index contributed by atoms with van der Waals surface area (Å²) in [4.78, 5) is 18.0. The van der Waals surface area contributed by atoms with E-state index in [9.17, 15) is 0 Å². The Morgan fingerprint density at radius 3 is 1.87 bits per heavy atom. The van der Waals surface area contributed by atoms with Crippen molar-refractivity contribution in [2.24, 2.45) is 0 Å². The number of aromatic amines is 2. The van der Waals surface area contributed by atoms with Gasteiger partial charge < -0.3 is 14.7 Å². The molecule has 0 radical (unpaired) electrons. The molecule has 5 nitrogen and oxygen atoms in total. The Hall–Kier alpha value is -3.44. The summed E-state index contributed by atoms with van der Waals surface area (Å²) in [5.41, 5.74) is 20.1. The molecule has 0 amide bonds. The first-order chi connectivity index (χ1) is 18.8. The molecule has 2 aliphatic heterocycles. The molecule has 204 valence electrons. The third-order valence-electron chi connectivity index (χ3n) is 8.74. The Balaban J connectivity index is 2.05. The summed E-state index contributed by atoms with van der Waals surface area (Å²) in [5.74, 6) is 0. The van der Waals surface area contributed by atoms with Crippen LogP contribution in [0.25, 0.3) is 44.4 Å². The Bertz CT molecular complexity index is 1690. The van der Waals surface area contributed by atoms with Crippen molar-refractivity contribution in [3.63, 3.8) is 0 Å². The molecule has 0 saturated heterocycles. The average molecular weight is 523 g/mol. The van der Waals surface area contributed by atoms with Crippen LogP contribution < -0.4 is 0 Å². The summed E-state index contributed by atoms with van der Waals surface area (Å²) in [6.07, 6.45) is 3.74. The van der Waals surface area contributed by atoms with E-state index < -0.39 is 0 Å². The van der Waals surface area contributed by atoms with Gasteiger partial charge in [0.2, 0.25) is 0 Å². The lowest BCUT2D eigenvalue weighted by Crippen LogP contribution is -1.97. The highest BCUT2D eigenvalue weighted by Crippen LogP contribution is 2.38. The smallest absolute Gasteiger partial charge is 0.0754 e. The number of nitrogens with zero attached hydrogens (tertiary/aromatic N) is 2. The SMILES string of the molecule is CCC1=C(C)c2cc3[nH]c(cc4[nH]c(c(C)c4CC)c(COC)c4nc(cc1n2)C(C)=C4CC)c(C)c3CC. The molecule has 0 atom stereocenters. The molecule has 39 heavy (non-hydrogen) atoms. The van der Waals surface area contributed by atoms with Crippen LogP contribution in [-0.2, 0) is 24.2 Å². The van der Waals surface area contributed by atoms with Gasteiger partial charge >= 0.3 is 0 Å². The minimum absolute atomic E-state index is 0.492. The molecule has 0 fully saturated rings. The van der Waals surface area contributed by atoms with Gasteiger partial charge in [-0.2, -0.15) is 0 Å². The first-order valence-electron chi connectivity index (χ1n) is 14.4. The van der Waals surface area contributed by atoms with Gasteiger partial charge in [-0.15, -0.1) is 0 Å². The van der Waals surface area contributed by atoms with Crippen molar-refractivity contribution < 1.29 is 4.74 Å². The third kappa shape index (κ3) is 4.37. The number of ether oxygens (including phenoxy) is 1. The quantitative estimate of drug-likeness (QED) is 0.340. The van der Waals surface area contributed by atoms with Crippen LogP contribution in [0.15, 0.2) is 18.2 Å². The van der Waals surface area contributed by atoms with Gasteiger partial charge in [0.25, 0.3) is 0 Å². The highest BCUT2D eigenvalue weighted by Gasteiger charge is 2.23. The van der Waals surface area contributed by atoms with E-state index in [1.807, 2.05) is 0 Å². The molecule has 5 heteroatoms. The molecule has 0 aromatic carbocycles. The normalized spacial score (nSPS) is 13.7. The molecule has 0 saturated carbocycles. The van der Waals surface area contributed by atoms with Crippen molar-refractivity contribution in [2.75, 3.05) is 7.11 Å². The second-order valence-electron chi connectivity index (χ2n) is 10.8. The van der Waals surface area contributed by atoms with E-state index in [0.717, 1.165) is 76.1 Å². The lowest BCUT2D eigenvalue weighted by atomic mass is 9.99. The van der Waals surface area contributed by atoms with E-state index in [4.69, 9.17) is 14.7 Å². The number of aryl methyl sites for hydroxylation is 4. The van der Waals surface area contributed by atoms with Gasteiger partial charge in [-0.05, 0) is 116 Å². The standard InChI is InChI=1S/C34H42N4O/c1-10-22-19(6)28-15-32-24(12-3)21(8)33(38-32)26(17-39-9)34-25(13-4)20(7)29(37-34)16-31-23(11-2)18(5)27(35-31)14-30(22)36-28/h14-16,36,38H,10-13,17H2,1-9H3. The van der Waals surface area contributed by atoms with E-state index in [1.54, 1.807) is 7.11 Å².